The Bertz CT molecular complexity index is 297. The average Bonchev–Trinajstić information content (AvgIpc) is 2.34. The van der Waals surface area contributed by atoms with Crippen molar-refractivity contribution in [1.82, 2.24) is 0 Å². The molecule has 2 aromatic carbocycles. The molecular weight excluding hydrogens is 168 g/mol. The summed E-state index contributed by atoms with van der Waals surface area (Å²) >= 11 is 0. The second-order valence-electron chi connectivity index (χ2n) is 2.59. The van der Waals surface area contributed by atoms with Crippen LogP contribution in [0.1, 0.15) is 13.8 Å². The molecule has 0 saturated heterocycles. The lowest BCUT2D eigenvalue weighted by Crippen LogP contribution is -1.72. The molecule has 0 radical (unpaired) electrons. The molecule has 0 spiro atoms. The van der Waals surface area contributed by atoms with Crippen LogP contribution in [-0.2, 0) is 0 Å². The Hall–Kier alpha value is -1.74. The summed E-state index contributed by atoms with van der Waals surface area (Å²) in [5.41, 5.74) is 2.41. The lowest BCUT2D eigenvalue weighted by atomic mass is 10.1. The van der Waals surface area contributed by atoms with E-state index in [1.807, 2.05) is 50.2 Å². The molecule has 0 aliphatic heterocycles. The minimum atomic E-state index is 1.19. The van der Waals surface area contributed by atoms with Crippen LogP contribution in [0.4, 0.5) is 0 Å². The quantitative estimate of drug-likeness (QED) is 0.625. The van der Waals surface area contributed by atoms with Crippen LogP contribution in [0.25, 0.3) is 11.1 Å². The Morgan fingerprint density at radius 2 is 1.50 bits per heavy atom. The van der Waals surface area contributed by atoms with E-state index in [1.165, 1.54) is 11.1 Å². The van der Waals surface area contributed by atoms with Gasteiger partial charge in [-0.3, -0.25) is 0 Å². The van der Waals surface area contributed by atoms with E-state index in [0.717, 1.165) is 0 Å². The van der Waals surface area contributed by atoms with E-state index in [-0.39, 0.29) is 0 Å². The molecule has 2 rings (SSSR count). The summed E-state index contributed by atoms with van der Waals surface area (Å²) in [6.07, 6.45) is 0. The van der Waals surface area contributed by atoms with Crippen LogP contribution in [0, 0.1) is 12.1 Å². The molecule has 2 aromatic rings. The van der Waals surface area contributed by atoms with Crippen LogP contribution >= 0.6 is 0 Å². The molecule has 0 saturated carbocycles. The molecule has 0 atom stereocenters. The predicted molar refractivity (Wildman–Crippen MR) is 60.9 cm³/mol. The minimum absolute atomic E-state index is 1.19. The molecule has 14 heavy (non-hydrogen) atoms. The molecule has 0 heteroatoms. The van der Waals surface area contributed by atoms with Gasteiger partial charge in [0.15, 0.2) is 0 Å². The van der Waals surface area contributed by atoms with Gasteiger partial charge in [-0.2, -0.15) is 0 Å². The van der Waals surface area contributed by atoms with E-state index in [0.29, 0.717) is 0 Å². The Morgan fingerprint density at radius 3 is 2.07 bits per heavy atom. The Labute approximate surface area is 86.2 Å². The van der Waals surface area contributed by atoms with Gasteiger partial charge in [0, 0.05) is 0 Å². The summed E-state index contributed by atoms with van der Waals surface area (Å²) in [4.78, 5) is 0. The first kappa shape index (κ1) is 10.3. The third kappa shape index (κ3) is 2.64. The van der Waals surface area contributed by atoms with Gasteiger partial charge in [-0.25, -0.2) is 0 Å². The molecule has 0 aliphatic carbocycles. The third-order valence-electron chi connectivity index (χ3n) is 1.76. The number of rotatable bonds is 1. The zero-order valence-electron chi connectivity index (χ0n) is 8.62. The fourth-order valence-corrected chi connectivity index (χ4v) is 1.16. The zero-order chi connectivity index (χ0) is 10.2. The van der Waals surface area contributed by atoms with Crippen molar-refractivity contribution in [3.8, 4) is 11.1 Å². The summed E-state index contributed by atoms with van der Waals surface area (Å²) < 4.78 is 0. The first-order chi connectivity index (χ1) is 6.97. The van der Waals surface area contributed by atoms with E-state index < -0.39 is 0 Å². The van der Waals surface area contributed by atoms with Gasteiger partial charge in [-0.1, -0.05) is 56.3 Å². The molecular formula is C14H14. The summed E-state index contributed by atoms with van der Waals surface area (Å²) in [5.74, 6) is 0. The molecule has 0 bridgehead atoms. The van der Waals surface area contributed by atoms with Gasteiger partial charge in [0.05, 0.1) is 0 Å². The van der Waals surface area contributed by atoms with Gasteiger partial charge in [0.25, 0.3) is 0 Å². The van der Waals surface area contributed by atoms with Crippen molar-refractivity contribution in [3.05, 3.63) is 60.7 Å². The summed E-state index contributed by atoms with van der Waals surface area (Å²) in [7, 11) is 0. The Morgan fingerprint density at radius 1 is 0.786 bits per heavy atom. The lowest BCUT2D eigenvalue weighted by molar-refractivity contribution is 1.50. The van der Waals surface area contributed by atoms with Crippen molar-refractivity contribution in [3.63, 3.8) is 0 Å². The second-order valence-corrected chi connectivity index (χ2v) is 2.59. The molecule has 0 amide bonds. The van der Waals surface area contributed by atoms with E-state index in [4.69, 9.17) is 0 Å². The molecule has 0 aromatic heterocycles. The largest absolute Gasteiger partial charge is 0.0702 e. The maximum atomic E-state index is 2.93. The predicted octanol–water partition coefficient (Wildman–Crippen LogP) is 3.98. The summed E-state index contributed by atoms with van der Waals surface area (Å²) in [6, 6.07) is 21.9. The van der Waals surface area contributed by atoms with Gasteiger partial charge in [0.2, 0.25) is 0 Å². The Balaban J connectivity index is 0.000000461. The normalized spacial score (nSPS) is 8.14. The minimum Gasteiger partial charge on any atom is -0.0702 e. The van der Waals surface area contributed by atoms with Crippen LogP contribution in [0.2, 0.25) is 0 Å². The van der Waals surface area contributed by atoms with Gasteiger partial charge in [-0.05, 0) is 29.3 Å². The third-order valence-corrected chi connectivity index (χ3v) is 1.76. The van der Waals surface area contributed by atoms with E-state index in [9.17, 15) is 0 Å². The monoisotopic (exact) mass is 182 g/mol. The maximum absolute atomic E-state index is 2.93. The fraction of sp³-hybridized carbons (Fsp3) is 0.143. The standard InChI is InChI=1S/C12H8.C2H6/c1-3-7-11(8-4-1)12-9-5-2-6-10-12;1-2/h1,3-5,7-10H;1-2H3. The zero-order valence-corrected chi connectivity index (χ0v) is 8.62. The molecule has 0 heterocycles. The van der Waals surface area contributed by atoms with Crippen LogP contribution in [0.3, 0.4) is 0 Å². The summed E-state index contributed by atoms with van der Waals surface area (Å²) in [6.45, 7) is 4.00. The van der Waals surface area contributed by atoms with Crippen molar-refractivity contribution < 1.29 is 0 Å². The topological polar surface area (TPSA) is 0 Å². The van der Waals surface area contributed by atoms with Crippen molar-refractivity contribution >= 4 is 0 Å². The van der Waals surface area contributed by atoms with Crippen LogP contribution in [-0.4, -0.2) is 0 Å². The molecule has 0 nitrogen and oxygen atoms in total. The second kappa shape index (κ2) is 5.83. The summed E-state index contributed by atoms with van der Waals surface area (Å²) in [5, 5.41) is 0. The van der Waals surface area contributed by atoms with Crippen LogP contribution < -0.4 is 0 Å². The van der Waals surface area contributed by atoms with Crippen molar-refractivity contribution in [2.45, 2.75) is 13.8 Å². The fourth-order valence-electron chi connectivity index (χ4n) is 1.16. The first-order valence-corrected chi connectivity index (χ1v) is 4.90. The van der Waals surface area contributed by atoms with E-state index >= 15 is 0 Å². The number of benzene rings is 1. The average molecular weight is 182 g/mol. The highest BCUT2D eigenvalue weighted by molar-refractivity contribution is 5.62. The molecule has 0 unspecified atom stereocenters. The molecule has 70 valence electrons. The van der Waals surface area contributed by atoms with Gasteiger partial charge < -0.3 is 0 Å². The highest BCUT2D eigenvalue weighted by Gasteiger charge is 1.91. The van der Waals surface area contributed by atoms with Gasteiger partial charge in [0.1, 0.15) is 0 Å². The number of hydrogen-bond donors (Lipinski definition) is 0. The highest BCUT2D eigenvalue weighted by Crippen LogP contribution is 2.15. The van der Waals surface area contributed by atoms with Crippen molar-refractivity contribution in [2.75, 3.05) is 0 Å². The van der Waals surface area contributed by atoms with E-state index in [2.05, 4.69) is 24.3 Å². The van der Waals surface area contributed by atoms with Gasteiger partial charge >= 0.3 is 0 Å². The van der Waals surface area contributed by atoms with Gasteiger partial charge in [-0.15, -0.1) is 0 Å². The van der Waals surface area contributed by atoms with Crippen molar-refractivity contribution in [2.24, 2.45) is 0 Å². The molecule has 0 fully saturated rings. The van der Waals surface area contributed by atoms with Crippen LogP contribution in [0.15, 0.2) is 48.5 Å². The van der Waals surface area contributed by atoms with Crippen molar-refractivity contribution in [1.29, 1.82) is 0 Å². The smallest absolute Gasteiger partial charge is 0.00365 e. The molecule has 0 aliphatic rings. The lowest BCUT2D eigenvalue weighted by Gasteiger charge is -1.96. The Kier molecular flexibility index (Phi) is 4.31. The SMILES string of the molecule is CC.c1ccc(-c2ccccc2)cc#1. The number of hydrogen-bond acceptors (Lipinski definition) is 0. The highest BCUT2D eigenvalue weighted by atomic mass is 14.0. The maximum Gasteiger partial charge on any atom is -0.00365 e. The first-order valence-electron chi connectivity index (χ1n) is 4.90. The molecule has 0 N–H and O–H groups in total. The van der Waals surface area contributed by atoms with Crippen LogP contribution in [0.5, 0.6) is 0 Å². The van der Waals surface area contributed by atoms with E-state index in [1.54, 1.807) is 0 Å².